The lowest BCUT2D eigenvalue weighted by molar-refractivity contribution is -0.384. The average molecular weight is 438 g/mol. The zero-order valence-electron chi connectivity index (χ0n) is 18.1. The number of anilines is 1. The van der Waals surface area contributed by atoms with Crippen molar-refractivity contribution in [3.8, 4) is 17.2 Å². The number of nitro groups is 1. The molecule has 0 bridgehead atoms. The molecule has 0 aliphatic heterocycles. The first-order valence-electron chi connectivity index (χ1n) is 10.5. The molecule has 0 atom stereocenters. The third-order valence-corrected chi connectivity index (χ3v) is 4.48. The van der Waals surface area contributed by atoms with Crippen molar-refractivity contribution in [2.75, 3.05) is 18.5 Å². The van der Waals surface area contributed by atoms with E-state index in [9.17, 15) is 14.9 Å². The molecule has 1 heterocycles. The molecule has 3 aromatic rings. The van der Waals surface area contributed by atoms with Crippen LogP contribution < -0.4 is 14.8 Å². The first kappa shape index (κ1) is 22.8. The number of nitro benzene ring substituents is 1. The van der Waals surface area contributed by atoms with Gasteiger partial charge in [0.1, 0.15) is 5.69 Å². The SMILES string of the molecule is CCCOc1cc(NC(=O)Cc2cnn(-c3ccccc3)c2)c([N+](=O)[O-])cc1OCCC. The largest absolute Gasteiger partial charge is 0.490 e. The molecule has 0 aliphatic rings. The molecule has 0 fully saturated rings. The summed E-state index contributed by atoms with van der Waals surface area (Å²) in [6.45, 7) is 4.72. The van der Waals surface area contributed by atoms with Crippen LogP contribution in [0.3, 0.4) is 0 Å². The fraction of sp³-hybridized carbons (Fsp3) is 0.304. The summed E-state index contributed by atoms with van der Waals surface area (Å²) in [5, 5.41) is 18.5. The van der Waals surface area contributed by atoms with Crippen LogP contribution in [0.25, 0.3) is 5.69 Å². The van der Waals surface area contributed by atoms with Gasteiger partial charge in [-0.1, -0.05) is 32.0 Å². The highest BCUT2D eigenvalue weighted by molar-refractivity contribution is 5.95. The maximum Gasteiger partial charge on any atom is 0.296 e. The Bertz CT molecular complexity index is 1070. The normalized spacial score (nSPS) is 10.6. The van der Waals surface area contributed by atoms with Crippen molar-refractivity contribution in [1.82, 2.24) is 9.78 Å². The summed E-state index contributed by atoms with van der Waals surface area (Å²) >= 11 is 0. The molecule has 2 aromatic carbocycles. The standard InChI is InChI=1S/C23H26N4O5/c1-3-10-31-21-13-19(20(27(29)30)14-22(21)32-11-4-2)25-23(28)12-17-15-24-26(16-17)18-8-6-5-7-9-18/h5-9,13-16H,3-4,10-12H2,1-2H3,(H,25,28). The minimum absolute atomic E-state index is 0.0171. The Kier molecular flexibility index (Phi) is 7.80. The number of amides is 1. The molecule has 0 saturated heterocycles. The van der Waals surface area contributed by atoms with Crippen molar-refractivity contribution in [3.05, 3.63) is 70.5 Å². The lowest BCUT2D eigenvalue weighted by Gasteiger charge is -2.14. The van der Waals surface area contributed by atoms with E-state index >= 15 is 0 Å². The van der Waals surface area contributed by atoms with Crippen LogP contribution >= 0.6 is 0 Å². The number of carbonyl (C=O) groups excluding carboxylic acids is 1. The first-order chi connectivity index (χ1) is 15.5. The van der Waals surface area contributed by atoms with Crippen molar-refractivity contribution in [3.63, 3.8) is 0 Å². The molecule has 0 unspecified atom stereocenters. The number of benzene rings is 2. The van der Waals surface area contributed by atoms with Gasteiger partial charge >= 0.3 is 0 Å². The minimum Gasteiger partial charge on any atom is -0.490 e. The summed E-state index contributed by atoms with van der Waals surface area (Å²) in [6.07, 6.45) is 4.87. The molecule has 1 N–H and O–H groups in total. The third kappa shape index (κ3) is 5.84. The summed E-state index contributed by atoms with van der Waals surface area (Å²) in [6, 6.07) is 12.3. The fourth-order valence-electron chi connectivity index (χ4n) is 3.00. The maximum absolute atomic E-state index is 12.6. The lowest BCUT2D eigenvalue weighted by atomic mass is 10.2. The second-order valence-electron chi connectivity index (χ2n) is 7.12. The van der Waals surface area contributed by atoms with Crippen LogP contribution in [0.2, 0.25) is 0 Å². The quantitative estimate of drug-likeness (QED) is 0.348. The van der Waals surface area contributed by atoms with Crippen LogP contribution in [0.15, 0.2) is 54.9 Å². The van der Waals surface area contributed by atoms with Crippen LogP contribution in [0, 0.1) is 10.1 Å². The second-order valence-corrected chi connectivity index (χ2v) is 7.12. The van der Waals surface area contributed by atoms with Gasteiger partial charge in [0.2, 0.25) is 5.91 Å². The van der Waals surface area contributed by atoms with Gasteiger partial charge in [-0.2, -0.15) is 5.10 Å². The topological polar surface area (TPSA) is 109 Å². The molecule has 168 valence electrons. The van der Waals surface area contributed by atoms with E-state index in [0.717, 1.165) is 18.5 Å². The number of nitrogens with zero attached hydrogens (tertiary/aromatic N) is 3. The van der Waals surface area contributed by atoms with Gasteiger partial charge in [-0.05, 0) is 30.5 Å². The van der Waals surface area contributed by atoms with E-state index in [0.29, 0.717) is 24.5 Å². The van der Waals surface area contributed by atoms with Crippen LogP contribution in [-0.4, -0.2) is 33.8 Å². The van der Waals surface area contributed by atoms with E-state index in [-0.39, 0.29) is 23.5 Å². The second kappa shape index (κ2) is 10.9. The van der Waals surface area contributed by atoms with Crippen LogP contribution in [0.5, 0.6) is 11.5 Å². The fourth-order valence-corrected chi connectivity index (χ4v) is 3.00. The van der Waals surface area contributed by atoms with E-state index < -0.39 is 10.8 Å². The van der Waals surface area contributed by atoms with Gasteiger partial charge in [0, 0.05) is 12.3 Å². The molecule has 1 amide bonds. The molecule has 1 aromatic heterocycles. The molecular weight excluding hydrogens is 412 g/mol. The first-order valence-corrected chi connectivity index (χ1v) is 10.5. The summed E-state index contributed by atoms with van der Waals surface area (Å²) in [4.78, 5) is 23.7. The monoisotopic (exact) mass is 438 g/mol. The van der Waals surface area contributed by atoms with Gasteiger partial charge < -0.3 is 14.8 Å². The Labute approximate surface area is 186 Å². The summed E-state index contributed by atoms with van der Waals surface area (Å²) in [5.74, 6) is 0.247. The molecule has 0 saturated carbocycles. The number of hydrogen-bond donors (Lipinski definition) is 1. The van der Waals surface area contributed by atoms with Crippen molar-refractivity contribution in [2.24, 2.45) is 0 Å². The predicted octanol–water partition coefficient (Wildman–Crippen LogP) is 4.54. The molecule has 0 spiro atoms. The number of ether oxygens (including phenoxy) is 2. The van der Waals surface area contributed by atoms with E-state index in [1.54, 1.807) is 17.1 Å². The summed E-state index contributed by atoms with van der Waals surface area (Å²) in [5.41, 5.74) is 1.35. The lowest BCUT2D eigenvalue weighted by Crippen LogP contribution is -2.15. The van der Waals surface area contributed by atoms with Crippen molar-refractivity contribution >= 4 is 17.3 Å². The predicted molar refractivity (Wildman–Crippen MR) is 121 cm³/mol. The van der Waals surface area contributed by atoms with E-state index in [1.165, 1.54) is 12.1 Å². The third-order valence-electron chi connectivity index (χ3n) is 4.48. The van der Waals surface area contributed by atoms with Gasteiger partial charge in [-0.3, -0.25) is 14.9 Å². The van der Waals surface area contributed by atoms with E-state index in [2.05, 4.69) is 10.4 Å². The highest BCUT2D eigenvalue weighted by Gasteiger charge is 2.22. The Morgan fingerprint density at radius 3 is 2.38 bits per heavy atom. The van der Waals surface area contributed by atoms with Gasteiger partial charge in [0.15, 0.2) is 11.5 Å². The molecule has 3 rings (SSSR count). The molecule has 32 heavy (non-hydrogen) atoms. The number of hydrogen-bond acceptors (Lipinski definition) is 6. The number of aromatic nitrogens is 2. The minimum atomic E-state index is -0.550. The smallest absolute Gasteiger partial charge is 0.296 e. The van der Waals surface area contributed by atoms with Crippen molar-refractivity contribution < 1.29 is 19.2 Å². The Balaban J connectivity index is 1.79. The van der Waals surface area contributed by atoms with Gasteiger partial charge in [0.25, 0.3) is 5.69 Å². The number of rotatable bonds is 11. The molecule has 0 radical (unpaired) electrons. The molecular formula is C23H26N4O5. The van der Waals surface area contributed by atoms with Crippen molar-refractivity contribution in [2.45, 2.75) is 33.1 Å². The van der Waals surface area contributed by atoms with Gasteiger partial charge in [-0.25, -0.2) is 4.68 Å². The number of carbonyl (C=O) groups is 1. The Morgan fingerprint density at radius 1 is 1.09 bits per heavy atom. The molecule has 0 aliphatic carbocycles. The van der Waals surface area contributed by atoms with E-state index in [1.807, 2.05) is 44.2 Å². The number of para-hydroxylation sites is 1. The highest BCUT2D eigenvalue weighted by Crippen LogP contribution is 2.38. The zero-order valence-corrected chi connectivity index (χ0v) is 18.1. The van der Waals surface area contributed by atoms with Gasteiger partial charge in [0.05, 0.1) is 42.5 Å². The van der Waals surface area contributed by atoms with Crippen molar-refractivity contribution in [1.29, 1.82) is 0 Å². The van der Waals surface area contributed by atoms with Crippen LogP contribution in [-0.2, 0) is 11.2 Å². The summed E-state index contributed by atoms with van der Waals surface area (Å²) < 4.78 is 13.0. The highest BCUT2D eigenvalue weighted by atomic mass is 16.6. The van der Waals surface area contributed by atoms with Crippen LogP contribution in [0.4, 0.5) is 11.4 Å². The molecule has 9 heteroatoms. The van der Waals surface area contributed by atoms with E-state index in [4.69, 9.17) is 9.47 Å². The average Bonchev–Trinajstić information content (AvgIpc) is 3.25. The number of nitrogens with one attached hydrogen (secondary N) is 1. The van der Waals surface area contributed by atoms with Crippen LogP contribution in [0.1, 0.15) is 32.3 Å². The Morgan fingerprint density at radius 2 is 1.75 bits per heavy atom. The maximum atomic E-state index is 12.6. The van der Waals surface area contributed by atoms with Gasteiger partial charge in [-0.15, -0.1) is 0 Å². The molecule has 9 nitrogen and oxygen atoms in total. The zero-order chi connectivity index (χ0) is 22.9. The Hall–Kier alpha value is -3.88. The summed E-state index contributed by atoms with van der Waals surface area (Å²) in [7, 11) is 0.